The Hall–Kier alpha value is -2.04. The van der Waals surface area contributed by atoms with Crippen LogP contribution in [0.2, 0.25) is 10.0 Å². The van der Waals surface area contributed by atoms with E-state index in [9.17, 15) is 9.59 Å². The number of carbonyl (C=O) groups is 2. The van der Waals surface area contributed by atoms with E-state index in [1.807, 2.05) is 32.0 Å². The van der Waals surface area contributed by atoms with Crippen molar-refractivity contribution in [3.63, 3.8) is 0 Å². The van der Waals surface area contributed by atoms with Gasteiger partial charge in [-0.05, 0) is 36.6 Å². The number of halogens is 2. The highest BCUT2D eigenvalue weighted by molar-refractivity contribution is 6.40. The van der Waals surface area contributed by atoms with Gasteiger partial charge in [0.2, 0.25) is 11.8 Å². The minimum absolute atomic E-state index is 0.140. The molecule has 0 spiro atoms. The number of anilines is 2. The molecular weight excluding hydrogens is 371 g/mol. The van der Waals surface area contributed by atoms with Gasteiger partial charge in [-0.2, -0.15) is 0 Å². The summed E-state index contributed by atoms with van der Waals surface area (Å²) in [5.74, 6) is -0.757. The van der Waals surface area contributed by atoms with E-state index in [2.05, 4.69) is 5.32 Å². The van der Waals surface area contributed by atoms with E-state index in [1.165, 1.54) is 4.90 Å². The number of hydrogen-bond acceptors (Lipinski definition) is 2. The minimum atomic E-state index is -0.445. The van der Waals surface area contributed by atoms with Gasteiger partial charge in [0.1, 0.15) is 0 Å². The topological polar surface area (TPSA) is 49.4 Å². The van der Waals surface area contributed by atoms with Crippen molar-refractivity contribution in [3.05, 3.63) is 57.6 Å². The number of nitrogens with zero attached hydrogens (tertiary/aromatic N) is 1. The van der Waals surface area contributed by atoms with Crippen LogP contribution in [0, 0.1) is 12.8 Å². The smallest absolute Gasteiger partial charge is 0.229 e. The first-order chi connectivity index (χ1) is 12.4. The molecule has 26 heavy (non-hydrogen) atoms. The van der Waals surface area contributed by atoms with Crippen LogP contribution in [-0.2, 0) is 16.0 Å². The summed E-state index contributed by atoms with van der Waals surface area (Å²) in [6, 6.07) is 11.0. The second-order valence-corrected chi connectivity index (χ2v) is 7.24. The summed E-state index contributed by atoms with van der Waals surface area (Å²) in [6.07, 6.45) is 0.961. The lowest BCUT2D eigenvalue weighted by molar-refractivity contribution is -0.122. The first-order valence-corrected chi connectivity index (χ1v) is 9.31. The molecule has 2 amide bonds. The maximum atomic E-state index is 12.8. The van der Waals surface area contributed by atoms with Gasteiger partial charge in [0, 0.05) is 18.7 Å². The molecule has 1 saturated heterocycles. The van der Waals surface area contributed by atoms with Crippen molar-refractivity contribution in [2.45, 2.75) is 26.7 Å². The van der Waals surface area contributed by atoms with Gasteiger partial charge in [-0.1, -0.05) is 54.4 Å². The van der Waals surface area contributed by atoms with Crippen LogP contribution < -0.4 is 10.2 Å². The fourth-order valence-electron chi connectivity index (χ4n) is 3.27. The lowest BCUT2D eigenvalue weighted by atomic mass is 10.0. The number of aryl methyl sites for hydroxylation is 2. The molecule has 136 valence electrons. The van der Waals surface area contributed by atoms with E-state index in [4.69, 9.17) is 23.2 Å². The molecule has 1 unspecified atom stereocenters. The van der Waals surface area contributed by atoms with Crippen LogP contribution in [0.25, 0.3) is 0 Å². The third-order valence-corrected chi connectivity index (χ3v) is 5.30. The molecule has 1 atom stereocenters. The van der Waals surface area contributed by atoms with E-state index in [1.54, 1.807) is 18.2 Å². The van der Waals surface area contributed by atoms with E-state index in [0.717, 1.165) is 23.2 Å². The molecule has 4 nitrogen and oxygen atoms in total. The standard InChI is InChI=1S/C20H20Cl2N2O2/c1-3-13-7-4-6-12(2)18(13)23-20(26)14-10-17(25)24(11-14)19-15(21)8-5-9-16(19)22/h4-9,14H,3,10-11H2,1-2H3,(H,23,26). The van der Waals surface area contributed by atoms with Gasteiger partial charge in [0.15, 0.2) is 0 Å². The molecule has 1 fully saturated rings. The summed E-state index contributed by atoms with van der Waals surface area (Å²) in [7, 11) is 0. The summed E-state index contributed by atoms with van der Waals surface area (Å²) in [5, 5.41) is 3.81. The highest BCUT2D eigenvalue weighted by Gasteiger charge is 2.37. The molecule has 2 aromatic rings. The predicted octanol–water partition coefficient (Wildman–Crippen LogP) is 4.86. The number of benzene rings is 2. The lowest BCUT2D eigenvalue weighted by Gasteiger charge is -2.20. The number of para-hydroxylation sites is 2. The first kappa shape index (κ1) is 18.7. The van der Waals surface area contributed by atoms with Crippen LogP contribution in [0.15, 0.2) is 36.4 Å². The highest BCUT2D eigenvalue weighted by Crippen LogP contribution is 2.37. The summed E-state index contributed by atoms with van der Waals surface area (Å²) in [5.41, 5.74) is 3.39. The Kier molecular flexibility index (Phi) is 5.54. The molecule has 1 aliphatic rings. The van der Waals surface area contributed by atoms with Gasteiger partial charge in [0.25, 0.3) is 0 Å². The zero-order valence-electron chi connectivity index (χ0n) is 14.7. The molecule has 1 heterocycles. The minimum Gasteiger partial charge on any atom is -0.325 e. The number of amides is 2. The van der Waals surface area contributed by atoms with Gasteiger partial charge in [-0.25, -0.2) is 0 Å². The van der Waals surface area contributed by atoms with E-state index in [-0.39, 0.29) is 24.8 Å². The van der Waals surface area contributed by atoms with Gasteiger partial charge < -0.3 is 10.2 Å². The maximum Gasteiger partial charge on any atom is 0.229 e. The van der Waals surface area contributed by atoms with Crippen molar-refractivity contribution in [2.75, 3.05) is 16.8 Å². The van der Waals surface area contributed by atoms with Crippen LogP contribution >= 0.6 is 23.2 Å². The number of rotatable bonds is 4. The molecule has 0 saturated carbocycles. The largest absolute Gasteiger partial charge is 0.325 e. The van der Waals surface area contributed by atoms with Gasteiger partial charge in [-0.15, -0.1) is 0 Å². The molecule has 6 heteroatoms. The zero-order chi connectivity index (χ0) is 18.8. The lowest BCUT2D eigenvalue weighted by Crippen LogP contribution is -2.29. The highest BCUT2D eigenvalue weighted by atomic mass is 35.5. The third kappa shape index (κ3) is 3.57. The van der Waals surface area contributed by atoms with Crippen LogP contribution in [-0.4, -0.2) is 18.4 Å². The Balaban J connectivity index is 1.80. The molecule has 2 aromatic carbocycles. The van der Waals surface area contributed by atoms with Crippen LogP contribution in [0.4, 0.5) is 11.4 Å². The summed E-state index contributed by atoms with van der Waals surface area (Å²) in [6.45, 7) is 4.27. The zero-order valence-corrected chi connectivity index (χ0v) is 16.2. The quantitative estimate of drug-likeness (QED) is 0.810. The number of nitrogens with one attached hydrogen (secondary N) is 1. The van der Waals surface area contributed by atoms with Gasteiger partial charge >= 0.3 is 0 Å². The molecular formula is C20H20Cl2N2O2. The second kappa shape index (κ2) is 7.68. The fourth-order valence-corrected chi connectivity index (χ4v) is 3.87. The second-order valence-electron chi connectivity index (χ2n) is 6.43. The molecule has 1 aliphatic heterocycles. The van der Waals surface area contributed by atoms with Crippen LogP contribution in [0.3, 0.4) is 0 Å². The van der Waals surface area contributed by atoms with Crippen molar-refractivity contribution < 1.29 is 9.59 Å². The van der Waals surface area contributed by atoms with Crippen LogP contribution in [0.1, 0.15) is 24.5 Å². The molecule has 1 N–H and O–H groups in total. The van der Waals surface area contributed by atoms with Crippen molar-refractivity contribution in [3.8, 4) is 0 Å². The first-order valence-electron chi connectivity index (χ1n) is 8.56. The average Bonchev–Trinajstić information content (AvgIpc) is 2.98. The van der Waals surface area contributed by atoms with E-state index in [0.29, 0.717) is 15.7 Å². The summed E-state index contributed by atoms with van der Waals surface area (Å²) >= 11 is 12.4. The van der Waals surface area contributed by atoms with Crippen molar-refractivity contribution in [1.29, 1.82) is 0 Å². The number of carbonyl (C=O) groups excluding carboxylic acids is 2. The SMILES string of the molecule is CCc1cccc(C)c1NC(=O)C1CC(=O)N(c2c(Cl)cccc2Cl)C1. The van der Waals surface area contributed by atoms with E-state index < -0.39 is 5.92 Å². The Bertz CT molecular complexity index is 847. The fraction of sp³-hybridized carbons (Fsp3) is 0.300. The van der Waals surface area contributed by atoms with Crippen molar-refractivity contribution in [2.24, 2.45) is 5.92 Å². The normalized spacial score (nSPS) is 16.8. The Morgan fingerprint density at radius 1 is 1.19 bits per heavy atom. The molecule has 3 rings (SSSR count). The Morgan fingerprint density at radius 2 is 1.85 bits per heavy atom. The third-order valence-electron chi connectivity index (χ3n) is 4.69. The Labute approximate surface area is 163 Å². The maximum absolute atomic E-state index is 12.8. The van der Waals surface area contributed by atoms with Crippen molar-refractivity contribution in [1.82, 2.24) is 0 Å². The molecule has 0 radical (unpaired) electrons. The van der Waals surface area contributed by atoms with Crippen molar-refractivity contribution >= 4 is 46.4 Å². The van der Waals surface area contributed by atoms with E-state index >= 15 is 0 Å². The van der Waals surface area contributed by atoms with Crippen LogP contribution in [0.5, 0.6) is 0 Å². The summed E-state index contributed by atoms with van der Waals surface area (Å²) < 4.78 is 0. The average molecular weight is 391 g/mol. The monoisotopic (exact) mass is 390 g/mol. The molecule has 0 bridgehead atoms. The molecule has 0 aliphatic carbocycles. The molecule has 0 aromatic heterocycles. The van der Waals surface area contributed by atoms with Gasteiger partial charge in [-0.3, -0.25) is 9.59 Å². The van der Waals surface area contributed by atoms with Gasteiger partial charge in [0.05, 0.1) is 21.7 Å². The summed E-state index contributed by atoms with van der Waals surface area (Å²) in [4.78, 5) is 26.7. The Morgan fingerprint density at radius 3 is 2.50 bits per heavy atom. The predicted molar refractivity (Wildman–Crippen MR) is 106 cm³/mol. The number of hydrogen-bond donors (Lipinski definition) is 1.